The van der Waals surface area contributed by atoms with E-state index in [2.05, 4.69) is 25.5 Å². The van der Waals surface area contributed by atoms with E-state index in [9.17, 15) is 4.79 Å². The molecule has 3 heteroatoms. The molecule has 0 saturated heterocycles. The van der Waals surface area contributed by atoms with Gasteiger partial charge in [0.05, 0.1) is 33.3 Å². The number of rotatable bonds is 13. The molecule has 0 aliphatic heterocycles. The minimum absolute atomic E-state index is 0.0715. The van der Waals surface area contributed by atoms with Crippen LogP contribution < -0.4 is 0 Å². The van der Waals surface area contributed by atoms with Crippen LogP contribution in [-0.2, 0) is 9.53 Å². The van der Waals surface area contributed by atoms with Gasteiger partial charge in [-0.15, -0.1) is 0 Å². The summed E-state index contributed by atoms with van der Waals surface area (Å²) >= 11 is 0. The van der Waals surface area contributed by atoms with Crippen LogP contribution in [0.3, 0.4) is 0 Å². The van der Waals surface area contributed by atoms with E-state index in [4.69, 9.17) is 0 Å². The van der Waals surface area contributed by atoms with Crippen LogP contribution in [0.4, 0.5) is 0 Å². The number of hydrogen-bond acceptors (Lipinski definition) is 2. The third-order valence-corrected chi connectivity index (χ3v) is 4.75. The molecule has 20 heavy (non-hydrogen) atoms. The SMILES string of the molecule is CC[N+](CC)(CC)CCCCCCCCCC(=O)OC. The molecule has 0 fully saturated rings. The molecule has 0 saturated carbocycles. The first-order chi connectivity index (χ1) is 9.64. The van der Waals surface area contributed by atoms with Crippen molar-refractivity contribution in [3.8, 4) is 0 Å². The number of carbonyl (C=O) groups is 1. The highest BCUT2D eigenvalue weighted by atomic mass is 16.5. The van der Waals surface area contributed by atoms with Crippen LogP contribution in [-0.4, -0.2) is 43.7 Å². The summed E-state index contributed by atoms with van der Waals surface area (Å²) in [5.41, 5.74) is 0. The van der Waals surface area contributed by atoms with Crippen LogP contribution >= 0.6 is 0 Å². The Bertz CT molecular complexity index is 229. The molecule has 0 rings (SSSR count). The maximum atomic E-state index is 10.9. The maximum Gasteiger partial charge on any atom is 0.305 e. The van der Waals surface area contributed by atoms with Crippen LogP contribution in [0.25, 0.3) is 0 Å². The number of methoxy groups -OCH3 is 1. The van der Waals surface area contributed by atoms with E-state index in [0.29, 0.717) is 6.42 Å². The number of carbonyl (C=O) groups excluding carboxylic acids is 1. The zero-order valence-corrected chi connectivity index (χ0v) is 14.2. The molecule has 3 nitrogen and oxygen atoms in total. The van der Waals surface area contributed by atoms with Gasteiger partial charge in [-0.3, -0.25) is 4.79 Å². The van der Waals surface area contributed by atoms with Gasteiger partial charge in [0.1, 0.15) is 0 Å². The lowest BCUT2D eigenvalue weighted by Gasteiger charge is -2.35. The highest BCUT2D eigenvalue weighted by Gasteiger charge is 2.19. The lowest BCUT2D eigenvalue weighted by molar-refractivity contribution is -0.923. The van der Waals surface area contributed by atoms with Crippen LogP contribution in [0.5, 0.6) is 0 Å². The quantitative estimate of drug-likeness (QED) is 0.289. The van der Waals surface area contributed by atoms with E-state index in [0.717, 1.165) is 12.8 Å². The summed E-state index contributed by atoms with van der Waals surface area (Å²) < 4.78 is 5.91. The summed E-state index contributed by atoms with van der Waals surface area (Å²) in [5.74, 6) is -0.0715. The van der Waals surface area contributed by atoms with Gasteiger partial charge in [-0.2, -0.15) is 0 Å². The average molecular weight is 286 g/mol. The minimum atomic E-state index is -0.0715. The molecule has 0 bridgehead atoms. The van der Waals surface area contributed by atoms with E-state index in [1.807, 2.05) is 0 Å². The fraction of sp³-hybridized carbons (Fsp3) is 0.941. The van der Waals surface area contributed by atoms with Gasteiger partial charge in [-0.05, 0) is 40.0 Å². The molecular weight excluding hydrogens is 250 g/mol. The molecule has 0 aromatic rings. The van der Waals surface area contributed by atoms with E-state index >= 15 is 0 Å². The predicted molar refractivity (Wildman–Crippen MR) is 85.7 cm³/mol. The maximum absolute atomic E-state index is 10.9. The number of quaternary nitrogens is 1. The molecule has 0 spiro atoms. The second-order valence-corrected chi connectivity index (χ2v) is 5.81. The highest BCUT2D eigenvalue weighted by Crippen LogP contribution is 2.12. The summed E-state index contributed by atoms with van der Waals surface area (Å²) in [5, 5.41) is 0. The summed E-state index contributed by atoms with van der Waals surface area (Å²) in [4.78, 5) is 10.9. The van der Waals surface area contributed by atoms with Crippen molar-refractivity contribution in [1.82, 2.24) is 0 Å². The standard InChI is InChI=1S/C17H36NO2/c1-5-18(6-2,7-3)16-14-12-10-8-9-11-13-15-17(19)20-4/h5-16H2,1-4H3/q+1. The van der Waals surface area contributed by atoms with Gasteiger partial charge in [-0.1, -0.05) is 25.7 Å². The van der Waals surface area contributed by atoms with Gasteiger partial charge in [0.15, 0.2) is 0 Å². The van der Waals surface area contributed by atoms with Crippen LogP contribution in [0.2, 0.25) is 0 Å². The van der Waals surface area contributed by atoms with Gasteiger partial charge in [-0.25, -0.2) is 0 Å². The molecule has 0 amide bonds. The topological polar surface area (TPSA) is 26.3 Å². The number of nitrogens with zero attached hydrogens (tertiary/aromatic N) is 1. The van der Waals surface area contributed by atoms with Gasteiger partial charge in [0.25, 0.3) is 0 Å². The highest BCUT2D eigenvalue weighted by molar-refractivity contribution is 5.68. The molecule has 0 heterocycles. The molecule has 0 N–H and O–H groups in total. The van der Waals surface area contributed by atoms with E-state index < -0.39 is 0 Å². The van der Waals surface area contributed by atoms with Crippen molar-refractivity contribution in [2.24, 2.45) is 0 Å². The molecule has 0 aromatic carbocycles. The number of unbranched alkanes of at least 4 members (excludes halogenated alkanes) is 6. The Balaban J connectivity index is 3.42. The zero-order valence-electron chi connectivity index (χ0n) is 14.2. The average Bonchev–Trinajstić information content (AvgIpc) is 2.49. The fourth-order valence-electron chi connectivity index (χ4n) is 2.85. The largest absolute Gasteiger partial charge is 0.469 e. The molecule has 0 aliphatic rings. The van der Waals surface area contributed by atoms with Crippen molar-refractivity contribution >= 4 is 5.97 Å². The summed E-state index contributed by atoms with van der Waals surface area (Å²) in [6, 6.07) is 0. The zero-order chi connectivity index (χ0) is 15.3. The second kappa shape index (κ2) is 12.2. The van der Waals surface area contributed by atoms with E-state index in [-0.39, 0.29) is 5.97 Å². The molecule has 0 aliphatic carbocycles. The summed E-state index contributed by atoms with van der Waals surface area (Å²) in [6.07, 6.45) is 9.35. The van der Waals surface area contributed by atoms with Gasteiger partial charge in [0.2, 0.25) is 0 Å². The third kappa shape index (κ3) is 8.57. The Kier molecular flexibility index (Phi) is 11.8. The van der Waals surface area contributed by atoms with Crippen LogP contribution in [0.1, 0.15) is 72.1 Å². The van der Waals surface area contributed by atoms with Gasteiger partial charge >= 0.3 is 5.97 Å². The fourth-order valence-corrected chi connectivity index (χ4v) is 2.85. The van der Waals surface area contributed by atoms with Crippen molar-refractivity contribution < 1.29 is 14.0 Å². The third-order valence-electron chi connectivity index (χ3n) is 4.75. The van der Waals surface area contributed by atoms with E-state index in [1.54, 1.807) is 0 Å². The van der Waals surface area contributed by atoms with Gasteiger partial charge in [0, 0.05) is 6.42 Å². The Labute approximate surface area is 126 Å². The molecule has 0 aromatic heterocycles. The van der Waals surface area contributed by atoms with Crippen LogP contribution in [0, 0.1) is 0 Å². The Hall–Kier alpha value is -0.570. The van der Waals surface area contributed by atoms with Crippen molar-refractivity contribution in [2.45, 2.75) is 72.1 Å². The predicted octanol–water partition coefficient (Wildman–Crippen LogP) is 4.16. The molecule has 0 unspecified atom stereocenters. The Morgan fingerprint density at radius 3 is 1.70 bits per heavy atom. The van der Waals surface area contributed by atoms with Crippen molar-refractivity contribution in [3.63, 3.8) is 0 Å². The molecule has 0 radical (unpaired) electrons. The molecular formula is C17H36NO2+. The smallest absolute Gasteiger partial charge is 0.305 e. The molecule has 120 valence electrons. The summed E-state index contributed by atoms with van der Waals surface area (Å²) in [6.45, 7) is 12.1. The normalized spacial score (nSPS) is 11.6. The first-order valence-electron chi connectivity index (χ1n) is 8.56. The second-order valence-electron chi connectivity index (χ2n) is 5.81. The van der Waals surface area contributed by atoms with E-state index in [1.165, 1.54) is 69.9 Å². The Morgan fingerprint density at radius 2 is 1.25 bits per heavy atom. The monoisotopic (exact) mass is 286 g/mol. The lowest BCUT2D eigenvalue weighted by atomic mass is 10.1. The number of esters is 1. The number of ether oxygens (including phenoxy) is 1. The van der Waals surface area contributed by atoms with Crippen molar-refractivity contribution in [2.75, 3.05) is 33.3 Å². The van der Waals surface area contributed by atoms with Crippen LogP contribution in [0.15, 0.2) is 0 Å². The van der Waals surface area contributed by atoms with Crippen molar-refractivity contribution in [1.29, 1.82) is 0 Å². The lowest BCUT2D eigenvalue weighted by Crippen LogP contribution is -2.48. The first kappa shape index (κ1) is 19.4. The first-order valence-corrected chi connectivity index (χ1v) is 8.56. The number of hydrogen-bond donors (Lipinski definition) is 0. The summed E-state index contributed by atoms with van der Waals surface area (Å²) in [7, 11) is 1.46. The van der Waals surface area contributed by atoms with Crippen molar-refractivity contribution in [3.05, 3.63) is 0 Å². The minimum Gasteiger partial charge on any atom is -0.469 e. The Morgan fingerprint density at radius 1 is 0.800 bits per heavy atom. The van der Waals surface area contributed by atoms with Gasteiger partial charge < -0.3 is 9.22 Å². The molecule has 0 atom stereocenters.